The summed E-state index contributed by atoms with van der Waals surface area (Å²) in [7, 11) is 0. The van der Waals surface area contributed by atoms with Crippen LogP contribution in [0.2, 0.25) is 5.02 Å². The van der Waals surface area contributed by atoms with Gasteiger partial charge in [0.05, 0.1) is 21.6 Å². The average molecular weight is 641 g/mol. The maximum absolute atomic E-state index is 11.1. The molecular weight excluding hydrogens is 596 g/mol. The van der Waals surface area contributed by atoms with Gasteiger partial charge in [0.15, 0.2) is 18.2 Å². The number of nitro groups is 1. The third-order valence-electron chi connectivity index (χ3n) is 7.52. The molecule has 11 heteroatoms. The lowest BCUT2D eigenvalue weighted by atomic mass is 9.92. The van der Waals surface area contributed by atoms with Crippen molar-refractivity contribution in [3.05, 3.63) is 63.3 Å². The van der Waals surface area contributed by atoms with E-state index in [-0.39, 0.29) is 22.9 Å². The predicted octanol–water partition coefficient (Wildman–Crippen LogP) is 10.0. The van der Waals surface area contributed by atoms with Crippen LogP contribution in [0.3, 0.4) is 0 Å². The number of H-pyrrole nitrogens is 1. The first-order chi connectivity index (χ1) is 21.2. The number of fused-ring (bicyclic) bond motifs is 1. The number of nitro benzene ring substituents is 1. The molecule has 0 fully saturated rings. The van der Waals surface area contributed by atoms with E-state index >= 15 is 0 Å². The monoisotopic (exact) mass is 640 g/mol. The van der Waals surface area contributed by atoms with Crippen molar-refractivity contribution in [1.82, 2.24) is 19.8 Å². The summed E-state index contributed by atoms with van der Waals surface area (Å²) in [6.07, 6.45) is 13.4. The third kappa shape index (κ3) is 9.38. The summed E-state index contributed by atoms with van der Waals surface area (Å²) < 4.78 is 7.43. The van der Waals surface area contributed by atoms with Crippen molar-refractivity contribution >= 4 is 40.4 Å². The van der Waals surface area contributed by atoms with Gasteiger partial charge in [0.2, 0.25) is 0 Å². The standard InChI is InChI=1S/C33H45ClN6O3S/c1-5-6-7-8-9-10-11-12-13-14-21-44-29-30(33(2,3)4)37-39-32(29)36-31(38-39)24-15-17-25(18-16-24)35-23-43-26-19-20-27(34)28(22-26)40(41)42/h15-20,22,35,37H,5-14,21,23H2,1-4H3. The van der Waals surface area contributed by atoms with E-state index in [0.717, 1.165) is 22.7 Å². The van der Waals surface area contributed by atoms with Gasteiger partial charge >= 0.3 is 0 Å². The van der Waals surface area contributed by atoms with E-state index in [1.54, 1.807) is 6.07 Å². The zero-order valence-electron chi connectivity index (χ0n) is 26.3. The number of hydrogen-bond acceptors (Lipinski definition) is 7. The molecule has 9 nitrogen and oxygen atoms in total. The van der Waals surface area contributed by atoms with Gasteiger partial charge in [-0.3, -0.25) is 15.2 Å². The first kappa shape index (κ1) is 33.6. The predicted molar refractivity (Wildman–Crippen MR) is 181 cm³/mol. The minimum absolute atomic E-state index is 0.0467. The molecule has 0 spiro atoms. The molecule has 2 aromatic heterocycles. The summed E-state index contributed by atoms with van der Waals surface area (Å²) in [5.41, 5.74) is 3.55. The summed E-state index contributed by atoms with van der Waals surface area (Å²) >= 11 is 7.76. The first-order valence-electron chi connectivity index (χ1n) is 15.7. The van der Waals surface area contributed by atoms with Gasteiger partial charge in [-0.15, -0.1) is 16.9 Å². The van der Waals surface area contributed by atoms with Gasteiger partial charge in [-0.2, -0.15) is 4.63 Å². The summed E-state index contributed by atoms with van der Waals surface area (Å²) in [5, 5.41) is 22.6. The number of halogens is 1. The molecule has 0 saturated heterocycles. The number of anilines is 1. The van der Waals surface area contributed by atoms with Crippen molar-refractivity contribution in [2.75, 3.05) is 17.8 Å². The van der Waals surface area contributed by atoms with E-state index in [4.69, 9.17) is 26.4 Å². The van der Waals surface area contributed by atoms with Crippen molar-refractivity contribution < 1.29 is 9.66 Å². The van der Waals surface area contributed by atoms with E-state index < -0.39 is 4.92 Å². The van der Waals surface area contributed by atoms with Gasteiger partial charge in [-0.25, -0.2) is 4.98 Å². The summed E-state index contributed by atoms with van der Waals surface area (Å²) in [5.74, 6) is 2.09. The zero-order chi connectivity index (χ0) is 31.5. The number of aromatic amines is 1. The lowest BCUT2D eigenvalue weighted by molar-refractivity contribution is -0.384. The van der Waals surface area contributed by atoms with Crippen LogP contribution in [0.25, 0.3) is 17.0 Å². The van der Waals surface area contributed by atoms with Gasteiger partial charge in [-0.1, -0.05) is 97.1 Å². The first-order valence-corrected chi connectivity index (χ1v) is 17.1. The molecule has 0 atom stereocenters. The average Bonchev–Trinajstić information content (AvgIpc) is 3.56. The number of hydrogen-bond donors (Lipinski definition) is 2. The number of unbranched alkanes of at least 4 members (excludes halogenated alkanes) is 9. The van der Waals surface area contributed by atoms with E-state index in [2.05, 4.69) is 38.1 Å². The highest BCUT2D eigenvalue weighted by Crippen LogP contribution is 2.36. The van der Waals surface area contributed by atoms with E-state index in [1.807, 2.05) is 40.7 Å². The second-order valence-electron chi connectivity index (χ2n) is 12.2. The Labute approximate surface area is 269 Å². The molecule has 0 aliphatic heterocycles. The molecule has 0 unspecified atom stereocenters. The van der Waals surface area contributed by atoms with Gasteiger partial charge in [-0.05, 0) is 48.6 Å². The molecule has 0 aliphatic rings. The summed E-state index contributed by atoms with van der Waals surface area (Å²) in [4.78, 5) is 16.7. The summed E-state index contributed by atoms with van der Waals surface area (Å²) in [6.45, 7) is 9.05. The Morgan fingerprint density at radius 3 is 2.30 bits per heavy atom. The fourth-order valence-electron chi connectivity index (χ4n) is 5.00. The highest BCUT2D eigenvalue weighted by atomic mass is 35.5. The molecule has 2 N–H and O–H groups in total. The van der Waals surface area contributed by atoms with Crippen LogP contribution >= 0.6 is 23.4 Å². The lowest BCUT2D eigenvalue weighted by Crippen LogP contribution is -2.13. The Kier molecular flexibility index (Phi) is 12.4. The Hall–Kier alpha value is -3.24. The molecule has 4 aromatic rings. The van der Waals surface area contributed by atoms with Crippen molar-refractivity contribution in [2.45, 2.75) is 102 Å². The van der Waals surface area contributed by atoms with Gasteiger partial charge in [0.1, 0.15) is 10.8 Å². The Balaban J connectivity index is 1.31. The number of thioether (sulfide) groups is 1. The quantitative estimate of drug-likeness (QED) is 0.0366. The molecule has 2 aromatic carbocycles. The fraction of sp³-hybridized carbons (Fsp3) is 0.515. The number of ether oxygens (including phenoxy) is 1. The fourth-order valence-corrected chi connectivity index (χ4v) is 6.50. The van der Waals surface area contributed by atoms with Gasteiger partial charge in [0.25, 0.3) is 5.69 Å². The normalized spacial score (nSPS) is 11.8. The van der Waals surface area contributed by atoms with Crippen LogP contribution in [0, 0.1) is 10.1 Å². The maximum atomic E-state index is 11.1. The zero-order valence-corrected chi connectivity index (χ0v) is 27.9. The number of benzene rings is 2. The molecule has 2 heterocycles. The van der Waals surface area contributed by atoms with Crippen LogP contribution in [-0.4, -0.2) is 37.2 Å². The molecular formula is C33H45ClN6O3S. The second-order valence-corrected chi connectivity index (χ2v) is 13.7. The van der Waals surface area contributed by atoms with Crippen molar-refractivity contribution in [3.8, 4) is 17.1 Å². The van der Waals surface area contributed by atoms with E-state index in [0.29, 0.717) is 11.6 Å². The number of aromatic nitrogens is 4. The number of nitrogens with one attached hydrogen (secondary N) is 2. The SMILES string of the molecule is CCCCCCCCCCCCSc1c(C(C)(C)C)[nH]n2nc(-c3ccc(NCOc4ccc(Cl)c([N+](=O)[O-])c4)cc3)nc12. The number of nitrogens with zero attached hydrogens (tertiary/aromatic N) is 4. The molecule has 0 amide bonds. The Morgan fingerprint density at radius 1 is 1.00 bits per heavy atom. The third-order valence-corrected chi connectivity index (χ3v) is 9.01. The Morgan fingerprint density at radius 2 is 1.66 bits per heavy atom. The Bertz CT molecular complexity index is 1500. The molecule has 0 bridgehead atoms. The summed E-state index contributed by atoms with van der Waals surface area (Å²) in [6, 6.07) is 12.2. The molecule has 0 aliphatic carbocycles. The van der Waals surface area contributed by atoms with Gasteiger partial charge < -0.3 is 10.1 Å². The molecule has 44 heavy (non-hydrogen) atoms. The van der Waals surface area contributed by atoms with Crippen LogP contribution < -0.4 is 10.1 Å². The molecule has 238 valence electrons. The van der Waals surface area contributed by atoms with E-state index in [9.17, 15) is 10.1 Å². The second kappa shape index (κ2) is 16.2. The lowest BCUT2D eigenvalue weighted by Gasteiger charge is -2.18. The van der Waals surface area contributed by atoms with Crippen LogP contribution in [0.4, 0.5) is 11.4 Å². The topological polar surface area (TPSA) is 110 Å². The van der Waals surface area contributed by atoms with Crippen LogP contribution in [-0.2, 0) is 5.41 Å². The van der Waals surface area contributed by atoms with Crippen LogP contribution in [0.5, 0.6) is 5.75 Å². The van der Waals surface area contributed by atoms with Crippen LogP contribution in [0.15, 0.2) is 47.4 Å². The molecule has 4 rings (SSSR count). The van der Waals surface area contributed by atoms with E-state index in [1.165, 1.54) is 86.9 Å². The minimum atomic E-state index is -0.531. The van der Waals surface area contributed by atoms with Crippen molar-refractivity contribution in [1.29, 1.82) is 0 Å². The van der Waals surface area contributed by atoms with Crippen molar-refractivity contribution in [2.24, 2.45) is 0 Å². The molecule has 0 saturated carbocycles. The van der Waals surface area contributed by atoms with Gasteiger partial charge in [0, 0.05) is 16.7 Å². The smallest absolute Gasteiger partial charge is 0.291 e. The van der Waals surface area contributed by atoms with Crippen LogP contribution in [0.1, 0.15) is 97.6 Å². The largest absolute Gasteiger partial charge is 0.473 e. The maximum Gasteiger partial charge on any atom is 0.291 e. The van der Waals surface area contributed by atoms with Crippen molar-refractivity contribution in [3.63, 3.8) is 0 Å². The highest BCUT2D eigenvalue weighted by molar-refractivity contribution is 7.99. The number of rotatable bonds is 18. The minimum Gasteiger partial charge on any atom is -0.473 e. The highest BCUT2D eigenvalue weighted by Gasteiger charge is 2.25. The molecule has 0 radical (unpaired) electrons.